The third-order valence-corrected chi connectivity index (χ3v) is 11.9. The minimum Gasteiger partial charge on any atom is -0.309 e. The number of hydrogen-bond acceptors (Lipinski definition) is 3. The van der Waals surface area contributed by atoms with E-state index in [1.54, 1.807) is 0 Å². The van der Waals surface area contributed by atoms with E-state index >= 15 is 4.57 Å². The van der Waals surface area contributed by atoms with Gasteiger partial charge >= 0.3 is 0 Å². The lowest BCUT2D eigenvalue weighted by atomic mass is 9.96. The van der Waals surface area contributed by atoms with Crippen molar-refractivity contribution >= 4 is 55.4 Å². The van der Waals surface area contributed by atoms with Crippen LogP contribution in [0.5, 0.6) is 0 Å². The first kappa shape index (κ1) is 22.7. The van der Waals surface area contributed by atoms with Crippen LogP contribution in [0.25, 0.3) is 32.2 Å². The van der Waals surface area contributed by atoms with Gasteiger partial charge in [0.15, 0.2) is 7.14 Å². The summed E-state index contributed by atoms with van der Waals surface area (Å²) >= 11 is 1.93. The predicted octanol–water partition coefficient (Wildman–Crippen LogP) is 7.63. The highest BCUT2D eigenvalue weighted by molar-refractivity contribution is 7.85. The Morgan fingerprint density at radius 1 is 0.649 bits per heavy atom. The summed E-state index contributed by atoms with van der Waals surface area (Å²) in [6, 6.07) is 36.7. The quantitative estimate of drug-likeness (QED) is 0.226. The Labute approximate surface area is 221 Å². The van der Waals surface area contributed by atoms with Crippen LogP contribution in [0.4, 0.5) is 0 Å². The molecule has 2 nitrogen and oxygen atoms in total. The Hall–Kier alpha value is -3.52. The number of benzene rings is 4. The van der Waals surface area contributed by atoms with Gasteiger partial charge in [0.2, 0.25) is 0 Å². The Balaban J connectivity index is 1.48. The summed E-state index contributed by atoms with van der Waals surface area (Å²) in [5.74, 6) is 0. The molecule has 0 fully saturated rings. The number of fused-ring (bicyclic) bond motifs is 5. The standard InChI is InChI=1S/C33H26NOPS/c35-36(24-13-3-1-4-14-24,25-15-5-2-6-16-25)26-17-11-12-23(22-26)31-27-18-7-8-19-28(27)33-32(34-31)29-20-9-10-21-30(29)37-33/h1-8,11-19,22H,9-10,20-21H2. The number of thiophene rings is 1. The van der Waals surface area contributed by atoms with Crippen LogP contribution >= 0.6 is 18.5 Å². The number of rotatable bonds is 4. The second-order valence-corrected chi connectivity index (χ2v) is 13.6. The molecule has 1 aliphatic carbocycles. The molecule has 2 aromatic heterocycles. The van der Waals surface area contributed by atoms with Crippen molar-refractivity contribution in [3.63, 3.8) is 0 Å². The molecule has 7 rings (SSSR count). The highest BCUT2D eigenvalue weighted by Gasteiger charge is 2.30. The lowest BCUT2D eigenvalue weighted by Gasteiger charge is -2.21. The maximum atomic E-state index is 15.0. The van der Waals surface area contributed by atoms with Crippen molar-refractivity contribution in [3.8, 4) is 11.3 Å². The van der Waals surface area contributed by atoms with Crippen LogP contribution in [-0.4, -0.2) is 4.98 Å². The van der Waals surface area contributed by atoms with E-state index < -0.39 is 7.14 Å². The van der Waals surface area contributed by atoms with Crippen molar-refractivity contribution in [2.75, 3.05) is 0 Å². The van der Waals surface area contributed by atoms with Gasteiger partial charge in [0.25, 0.3) is 0 Å². The van der Waals surface area contributed by atoms with Crippen LogP contribution in [0.1, 0.15) is 23.3 Å². The molecule has 0 atom stereocenters. The van der Waals surface area contributed by atoms with Gasteiger partial charge < -0.3 is 4.57 Å². The number of hydrogen-bond donors (Lipinski definition) is 0. The molecule has 0 saturated heterocycles. The first-order chi connectivity index (χ1) is 18.2. The summed E-state index contributed by atoms with van der Waals surface area (Å²) in [6.07, 6.45) is 4.76. The Bertz CT molecular complexity index is 1760. The summed E-state index contributed by atoms with van der Waals surface area (Å²) < 4.78 is 16.3. The van der Waals surface area contributed by atoms with Crippen molar-refractivity contribution in [2.24, 2.45) is 0 Å². The highest BCUT2D eigenvalue weighted by atomic mass is 32.1. The molecule has 1 aliphatic rings. The zero-order valence-corrected chi connectivity index (χ0v) is 22.1. The third kappa shape index (κ3) is 3.69. The number of aryl methyl sites for hydroxylation is 2. The molecular weight excluding hydrogens is 489 g/mol. The topological polar surface area (TPSA) is 30.0 Å². The van der Waals surface area contributed by atoms with Crippen LogP contribution in [0.3, 0.4) is 0 Å². The molecule has 0 aliphatic heterocycles. The number of aromatic nitrogens is 1. The Kier molecular flexibility index (Phi) is 5.57. The van der Waals surface area contributed by atoms with Crippen LogP contribution in [0.15, 0.2) is 109 Å². The molecule has 37 heavy (non-hydrogen) atoms. The second-order valence-electron chi connectivity index (χ2n) is 9.73. The average Bonchev–Trinajstić information content (AvgIpc) is 3.36. The summed E-state index contributed by atoms with van der Waals surface area (Å²) in [6.45, 7) is 0. The smallest absolute Gasteiger partial charge is 0.171 e. The van der Waals surface area contributed by atoms with Crippen molar-refractivity contribution in [1.82, 2.24) is 4.98 Å². The van der Waals surface area contributed by atoms with E-state index in [-0.39, 0.29) is 0 Å². The van der Waals surface area contributed by atoms with Gasteiger partial charge in [-0.2, -0.15) is 0 Å². The van der Waals surface area contributed by atoms with Crippen LogP contribution in [0.2, 0.25) is 0 Å². The van der Waals surface area contributed by atoms with E-state index in [0.717, 1.165) is 50.9 Å². The molecule has 0 radical (unpaired) electrons. The maximum absolute atomic E-state index is 15.0. The van der Waals surface area contributed by atoms with Gasteiger partial charge in [-0.1, -0.05) is 103 Å². The SMILES string of the molecule is O=P(c1ccccc1)(c1ccccc1)c1cccc(-c2nc3c4c(sc3c3ccccc23)CCCC4)c1. The van der Waals surface area contributed by atoms with E-state index in [0.29, 0.717) is 0 Å². The largest absolute Gasteiger partial charge is 0.309 e. The third-order valence-electron chi connectivity index (χ3n) is 7.52. The Morgan fingerprint density at radius 3 is 2.00 bits per heavy atom. The number of pyridine rings is 1. The Morgan fingerprint density at radius 2 is 1.27 bits per heavy atom. The highest BCUT2D eigenvalue weighted by Crippen LogP contribution is 2.45. The van der Waals surface area contributed by atoms with E-state index in [4.69, 9.17) is 4.98 Å². The van der Waals surface area contributed by atoms with E-state index in [9.17, 15) is 0 Å². The molecule has 180 valence electrons. The predicted molar refractivity (Wildman–Crippen MR) is 159 cm³/mol. The molecule has 4 heteroatoms. The lowest BCUT2D eigenvalue weighted by Crippen LogP contribution is -2.25. The minimum absolute atomic E-state index is 0.834. The molecule has 0 saturated carbocycles. The fourth-order valence-electron chi connectivity index (χ4n) is 5.70. The van der Waals surface area contributed by atoms with E-state index in [1.165, 1.54) is 33.4 Å². The normalized spacial score (nSPS) is 13.6. The van der Waals surface area contributed by atoms with E-state index in [1.807, 2.05) is 84.1 Å². The molecular formula is C33H26NOPS. The van der Waals surface area contributed by atoms with Crippen molar-refractivity contribution in [3.05, 3.63) is 120 Å². The summed E-state index contributed by atoms with van der Waals surface area (Å²) in [4.78, 5) is 6.84. The van der Waals surface area contributed by atoms with Crippen LogP contribution < -0.4 is 15.9 Å². The zero-order chi connectivity index (χ0) is 24.8. The minimum atomic E-state index is -3.06. The average molecular weight is 516 g/mol. The number of nitrogens with zero attached hydrogens (tertiary/aromatic N) is 1. The molecule has 6 aromatic rings. The molecule has 0 unspecified atom stereocenters. The summed E-state index contributed by atoms with van der Waals surface area (Å²) in [5.41, 5.74) is 4.59. The molecule has 0 amide bonds. The van der Waals surface area contributed by atoms with Crippen LogP contribution in [0, 0.1) is 0 Å². The zero-order valence-electron chi connectivity index (χ0n) is 20.4. The van der Waals surface area contributed by atoms with E-state index in [2.05, 4.69) is 36.4 Å². The fraction of sp³-hybridized carbons (Fsp3) is 0.121. The van der Waals surface area contributed by atoms with Gasteiger partial charge in [-0.3, -0.25) is 0 Å². The van der Waals surface area contributed by atoms with Crippen molar-refractivity contribution < 1.29 is 4.57 Å². The van der Waals surface area contributed by atoms with Crippen molar-refractivity contribution in [2.45, 2.75) is 25.7 Å². The summed E-state index contributed by atoms with van der Waals surface area (Å²) in [5, 5.41) is 4.94. The molecule has 0 bridgehead atoms. The summed E-state index contributed by atoms with van der Waals surface area (Å²) in [7, 11) is -3.06. The fourth-order valence-corrected chi connectivity index (χ4v) is 9.77. The first-order valence-corrected chi connectivity index (χ1v) is 15.4. The van der Waals surface area contributed by atoms with Gasteiger partial charge in [0, 0.05) is 37.1 Å². The first-order valence-electron chi connectivity index (χ1n) is 12.9. The molecule has 4 aromatic carbocycles. The maximum Gasteiger partial charge on any atom is 0.171 e. The monoisotopic (exact) mass is 515 g/mol. The van der Waals surface area contributed by atoms with Crippen LogP contribution in [-0.2, 0) is 17.4 Å². The second kappa shape index (κ2) is 9.10. The van der Waals surface area contributed by atoms with Gasteiger partial charge in [0.05, 0.1) is 15.9 Å². The van der Waals surface area contributed by atoms with Crippen molar-refractivity contribution in [1.29, 1.82) is 0 Å². The van der Waals surface area contributed by atoms with Gasteiger partial charge in [-0.15, -0.1) is 11.3 Å². The van der Waals surface area contributed by atoms with Gasteiger partial charge in [-0.05, 0) is 37.3 Å². The lowest BCUT2D eigenvalue weighted by molar-refractivity contribution is 0.592. The molecule has 0 spiro atoms. The molecule has 0 N–H and O–H groups in total. The van der Waals surface area contributed by atoms with Gasteiger partial charge in [0.1, 0.15) is 0 Å². The molecule has 2 heterocycles. The van der Waals surface area contributed by atoms with Gasteiger partial charge in [-0.25, -0.2) is 4.98 Å².